The molecule has 0 unspecified atom stereocenters. The molecule has 0 aliphatic carbocycles. The van der Waals surface area contributed by atoms with Gasteiger partial charge in [0, 0.05) is 20.2 Å². The molecule has 1 aromatic carbocycles. The van der Waals surface area contributed by atoms with Crippen molar-refractivity contribution < 1.29 is 9.13 Å². The van der Waals surface area contributed by atoms with E-state index in [0.717, 1.165) is 18.7 Å². The molecule has 3 nitrogen and oxygen atoms in total. The summed E-state index contributed by atoms with van der Waals surface area (Å²) in [6.07, 6.45) is 0. The highest BCUT2D eigenvalue weighted by Gasteiger charge is 2.06. The summed E-state index contributed by atoms with van der Waals surface area (Å²) >= 11 is 0. The average Bonchev–Trinajstić information content (AvgIpc) is 2.33. The molecule has 0 saturated heterocycles. The first kappa shape index (κ1) is 13.6. The fraction of sp³-hybridized carbons (Fsp3) is 0.462. The van der Waals surface area contributed by atoms with Crippen molar-refractivity contribution in [3.8, 4) is 6.07 Å². The Kier molecular flexibility index (Phi) is 5.61. The number of ether oxygens (including phenoxy) is 1. The molecule has 0 fully saturated rings. The van der Waals surface area contributed by atoms with E-state index in [1.807, 2.05) is 13.0 Å². The van der Waals surface area contributed by atoms with Crippen molar-refractivity contribution in [2.24, 2.45) is 0 Å². The second-order valence-corrected chi connectivity index (χ2v) is 3.82. The van der Waals surface area contributed by atoms with Crippen molar-refractivity contribution >= 4 is 0 Å². The average molecular weight is 236 g/mol. The molecule has 0 heterocycles. The molecule has 0 aliphatic heterocycles. The third kappa shape index (κ3) is 4.51. The number of hydrogen-bond donors (Lipinski definition) is 0. The van der Waals surface area contributed by atoms with Crippen LogP contribution in [0.1, 0.15) is 18.1 Å². The minimum Gasteiger partial charge on any atom is -0.383 e. The van der Waals surface area contributed by atoms with Crippen LogP contribution in [-0.4, -0.2) is 31.7 Å². The van der Waals surface area contributed by atoms with Crippen molar-refractivity contribution in [2.75, 3.05) is 26.8 Å². The summed E-state index contributed by atoms with van der Waals surface area (Å²) in [6, 6.07) is 6.39. The summed E-state index contributed by atoms with van der Waals surface area (Å²) in [4.78, 5) is 2.14. The monoisotopic (exact) mass is 236 g/mol. The van der Waals surface area contributed by atoms with E-state index in [2.05, 4.69) is 4.90 Å². The molecule has 0 amide bonds. The lowest BCUT2D eigenvalue weighted by atomic mass is 10.1. The summed E-state index contributed by atoms with van der Waals surface area (Å²) in [5.74, 6) is -0.359. The molecule has 17 heavy (non-hydrogen) atoms. The van der Waals surface area contributed by atoms with Gasteiger partial charge in [-0.05, 0) is 30.3 Å². The highest BCUT2D eigenvalue weighted by molar-refractivity contribution is 5.33. The Morgan fingerprint density at radius 3 is 2.76 bits per heavy atom. The number of nitriles is 1. The lowest BCUT2D eigenvalue weighted by molar-refractivity contribution is 0.147. The molecule has 1 rings (SSSR count). The Balaban J connectivity index is 2.72. The van der Waals surface area contributed by atoms with Crippen LogP contribution >= 0.6 is 0 Å². The summed E-state index contributed by atoms with van der Waals surface area (Å²) in [6.45, 7) is 4.98. The Morgan fingerprint density at radius 2 is 2.18 bits per heavy atom. The lowest BCUT2D eigenvalue weighted by Gasteiger charge is -2.20. The fourth-order valence-corrected chi connectivity index (χ4v) is 1.63. The van der Waals surface area contributed by atoms with Gasteiger partial charge in [0.1, 0.15) is 5.82 Å². The number of benzene rings is 1. The van der Waals surface area contributed by atoms with Gasteiger partial charge >= 0.3 is 0 Å². The number of methoxy groups -OCH3 is 1. The molecule has 0 radical (unpaired) electrons. The van der Waals surface area contributed by atoms with Crippen LogP contribution in [0, 0.1) is 17.1 Å². The van der Waals surface area contributed by atoms with Crippen LogP contribution in [0.3, 0.4) is 0 Å². The Bertz CT molecular complexity index is 401. The van der Waals surface area contributed by atoms with E-state index in [9.17, 15) is 4.39 Å². The minimum absolute atomic E-state index is 0.359. The predicted molar refractivity (Wildman–Crippen MR) is 63.9 cm³/mol. The van der Waals surface area contributed by atoms with Gasteiger partial charge in [-0.25, -0.2) is 4.39 Å². The van der Waals surface area contributed by atoms with Crippen molar-refractivity contribution in [1.29, 1.82) is 5.26 Å². The Labute approximate surface area is 101 Å². The number of rotatable bonds is 6. The van der Waals surface area contributed by atoms with Crippen molar-refractivity contribution in [3.63, 3.8) is 0 Å². The maximum absolute atomic E-state index is 13.2. The number of hydrogen-bond acceptors (Lipinski definition) is 3. The smallest absolute Gasteiger partial charge is 0.124 e. The van der Waals surface area contributed by atoms with E-state index in [0.29, 0.717) is 18.7 Å². The summed E-state index contributed by atoms with van der Waals surface area (Å²) in [5, 5.41) is 8.77. The molecular formula is C13H17FN2O. The van der Waals surface area contributed by atoms with Gasteiger partial charge in [-0.3, -0.25) is 4.90 Å². The topological polar surface area (TPSA) is 36.3 Å². The molecule has 0 spiro atoms. The van der Waals surface area contributed by atoms with Crippen LogP contribution in [0.2, 0.25) is 0 Å². The van der Waals surface area contributed by atoms with E-state index in [-0.39, 0.29) is 5.82 Å². The maximum Gasteiger partial charge on any atom is 0.124 e. The van der Waals surface area contributed by atoms with E-state index in [1.54, 1.807) is 13.2 Å². The summed E-state index contributed by atoms with van der Waals surface area (Å²) < 4.78 is 18.2. The quantitative estimate of drug-likeness (QED) is 0.759. The van der Waals surface area contributed by atoms with Crippen LogP contribution in [0.15, 0.2) is 18.2 Å². The van der Waals surface area contributed by atoms with Gasteiger partial charge in [-0.2, -0.15) is 5.26 Å². The lowest BCUT2D eigenvalue weighted by Crippen LogP contribution is -2.26. The maximum atomic E-state index is 13.2. The zero-order valence-corrected chi connectivity index (χ0v) is 10.2. The van der Waals surface area contributed by atoms with Gasteiger partial charge in [-0.1, -0.05) is 6.92 Å². The minimum atomic E-state index is -0.359. The van der Waals surface area contributed by atoms with Crippen LogP contribution in [0.4, 0.5) is 4.39 Å². The van der Waals surface area contributed by atoms with Crippen molar-refractivity contribution in [1.82, 2.24) is 4.90 Å². The molecule has 0 saturated carbocycles. The number of nitrogens with zero attached hydrogens (tertiary/aromatic N) is 2. The van der Waals surface area contributed by atoms with Gasteiger partial charge in [-0.15, -0.1) is 0 Å². The Morgan fingerprint density at radius 1 is 1.41 bits per heavy atom. The van der Waals surface area contributed by atoms with Gasteiger partial charge in [0.05, 0.1) is 18.2 Å². The highest BCUT2D eigenvalue weighted by atomic mass is 19.1. The fourth-order valence-electron chi connectivity index (χ4n) is 1.63. The largest absolute Gasteiger partial charge is 0.383 e. The number of likely N-dealkylation sites (N-methyl/N-ethyl adjacent to an activating group) is 1. The second kappa shape index (κ2) is 7.00. The number of halogens is 1. The van der Waals surface area contributed by atoms with Crippen LogP contribution in [0.25, 0.3) is 0 Å². The van der Waals surface area contributed by atoms with E-state index >= 15 is 0 Å². The van der Waals surface area contributed by atoms with E-state index in [1.165, 1.54) is 12.1 Å². The highest BCUT2D eigenvalue weighted by Crippen LogP contribution is 2.11. The van der Waals surface area contributed by atoms with Gasteiger partial charge in [0.15, 0.2) is 0 Å². The molecule has 0 aliphatic rings. The zero-order chi connectivity index (χ0) is 12.7. The van der Waals surface area contributed by atoms with E-state index in [4.69, 9.17) is 10.00 Å². The first-order valence-electron chi connectivity index (χ1n) is 5.60. The summed E-state index contributed by atoms with van der Waals surface area (Å²) in [5.41, 5.74) is 1.18. The van der Waals surface area contributed by atoms with Crippen LogP contribution < -0.4 is 0 Å². The third-order valence-corrected chi connectivity index (χ3v) is 2.55. The third-order valence-electron chi connectivity index (χ3n) is 2.55. The molecular weight excluding hydrogens is 219 g/mol. The van der Waals surface area contributed by atoms with Crippen molar-refractivity contribution in [3.05, 3.63) is 35.1 Å². The molecule has 0 atom stereocenters. The first-order valence-corrected chi connectivity index (χ1v) is 5.60. The summed E-state index contributed by atoms with van der Waals surface area (Å²) in [7, 11) is 1.66. The normalized spacial score (nSPS) is 10.5. The molecule has 1 aromatic rings. The standard InChI is InChI=1S/C13H17FN2O/c1-3-16(4-5-17-2)10-12-6-11(9-15)7-13(14)8-12/h6-8H,3-5,10H2,1-2H3. The second-order valence-electron chi connectivity index (χ2n) is 3.82. The molecule has 4 heteroatoms. The van der Waals surface area contributed by atoms with Gasteiger partial charge in [0.25, 0.3) is 0 Å². The van der Waals surface area contributed by atoms with Crippen LogP contribution in [-0.2, 0) is 11.3 Å². The Hall–Kier alpha value is -1.44. The van der Waals surface area contributed by atoms with E-state index < -0.39 is 0 Å². The molecule has 0 N–H and O–H groups in total. The van der Waals surface area contributed by atoms with Crippen LogP contribution in [0.5, 0.6) is 0 Å². The molecule has 92 valence electrons. The molecule has 0 bridgehead atoms. The van der Waals surface area contributed by atoms with Gasteiger partial charge in [0.2, 0.25) is 0 Å². The van der Waals surface area contributed by atoms with Gasteiger partial charge < -0.3 is 4.74 Å². The van der Waals surface area contributed by atoms with Crippen molar-refractivity contribution in [2.45, 2.75) is 13.5 Å². The SMILES string of the molecule is CCN(CCOC)Cc1cc(F)cc(C#N)c1. The first-order chi connectivity index (χ1) is 8.19. The predicted octanol–water partition coefficient (Wildman–Crippen LogP) is 2.17. The molecule has 0 aromatic heterocycles. The zero-order valence-electron chi connectivity index (χ0n) is 10.2.